The molecule has 0 bridgehead atoms. The SMILES string of the molecule is CN(C(=O)c1cccc(N2CCNC2=O)c1)[C@@H]1CCc2ccccc21. The fraction of sp³-hybridized carbons (Fsp3) is 0.300. The maximum absolute atomic E-state index is 13.0. The highest BCUT2D eigenvalue weighted by Gasteiger charge is 2.29. The third-order valence-corrected chi connectivity index (χ3v) is 5.15. The van der Waals surface area contributed by atoms with Crippen molar-refractivity contribution in [2.75, 3.05) is 25.0 Å². The molecule has 2 aromatic rings. The van der Waals surface area contributed by atoms with Gasteiger partial charge in [-0.15, -0.1) is 0 Å². The average molecular weight is 335 g/mol. The van der Waals surface area contributed by atoms with Crippen LogP contribution in [0, 0.1) is 0 Å². The lowest BCUT2D eigenvalue weighted by atomic mass is 10.1. The molecule has 1 aliphatic carbocycles. The Kier molecular flexibility index (Phi) is 3.92. The predicted molar refractivity (Wildman–Crippen MR) is 96.8 cm³/mol. The molecular formula is C20H21N3O2. The summed E-state index contributed by atoms with van der Waals surface area (Å²) in [6.07, 6.45) is 1.96. The molecule has 5 heteroatoms. The summed E-state index contributed by atoms with van der Waals surface area (Å²) in [4.78, 5) is 28.3. The van der Waals surface area contributed by atoms with Gasteiger partial charge in [-0.25, -0.2) is 4.79 Å². The molecule has 1 atom stereocenters. The molecule has 3 amide bonds. The van der Waals surface area contributed by atoms with Gasteiger partial charge in [-0.2, -0.15) is 0 Å². The van der Waals surface area contributed by atoms with Gasteiger partial charge in [0.1, 0.15) is 0 Å². The van der Waals surface area contributed by atoms with Crippen LogP contribution in [0.4, 0.5) is 10.5 Å². The van der Waals surface area contributed by atoms with Crippen LogP contribution in [0.3, 0.4) is 0 Å². The lowest BCUT2D eigenvalue weighted by Crippen LogP contribution is -2.31. The molecule has 1 aliphatic heterocycles. The summed E-state index contributed by atoms with van der Waals surface area (Å²) in [6, 6.07) is 15.7. The monoisotopic (exact) mass is 335 g/mol. The van der Waals surface area contributed by atoms with Crippen LogP contribution in [0.15, 0.2) is 48.5 Å². The summed E-state index contributed by atoms with van der Waals surface area (Å²) >= 11 is 0. The summed E-state index contributed by atoms with van der Waals surface area (Å²) in [7, 11) is 1.87. The molecular weight excluding hydrogens is 314 g/mol. The quantitative estimate of drug-likeness (QED) is 0.937. The highest BCUT2D eigenvalue weighted by atomic mass is 16.2. The molecule has 0 radical (unpaired) electrons. The first-order chi connectivity index (χ1) is 12.1. The van der Waals surface area contributed by atoms with Crippen LogP contribution in [-0.4, -0.2) is 37.0 Å². The zero-order chi connectivity index (χ0) is 17.4. The van der Waals surface area contributed by atoms with E-state index in [1.165, 1.54) is 11.1 Å². The summed E-state index contributed by atoms with van der Waals surface area (Å²) in [5, 5.41) is 2.79. The van der Waals surface area contributed by atoms with E-state index in [0.717, 1.165) is 18.5 Å². The molecule has 1 heterocycles. The normalized spacial score (nSPS) is 18.8. The molecule has 2 aliphatic rings. The molecule has 1 fully saturated rings. The van der Waals surface area contributed by atoms with E-state index < -0.39 is 0 Å². The third-order valence-electron chi connectivity index (χ3n) is 5.15. The minimum atomic E-state index is -0.109. The van der Waals surface area contributed by atoms with Crippen LogP contribution in [0.25, 0.3) is 0 Å². The van der Waals surface area contributed by atoms with Crippen molar-refractivity contribution < 1.29 is 9.59 Å². The van der Waals surface area contributed by atoms with Crippen LogP contribution in [-0.2, 0) is 6.42 Å². The van der Waals surface area contributed by atoms with Crippen molar-refractivity contribution in [2.45, 2.75) is 18.9 Å². The topological polar surface area (TPSA) is 52.7 Å². The molecule has 2 aromatic carbocycles. The molecule has 128 valence electrons. The Labute approximate surface area is 147 Å². The van der Waals surface area contributed by atoms with E-state index >= 15 is 0 Å². The van der Waals surface area contributed by atoms with E-state index in [4.69, 9.17) is 0 Å². The number of nitrogens with zero attached hydrogens (tertiary/aromatic N) is 2. The van der Waals surface area contributed by atoms with E-state index in [1.807, 2.05) is 48.3 Å². The van der Waals surface area contributed by atoms with Crippen molar-refractivity contribution in [1.82, 2.24) is 10.2 Å². The Morgan fingerprint density at radius 1 is 1.20 bits per heavy atom. The second kappa shape index (κ2) is 6.24. The van der Waals surface area contributed by atoms with Gasteiger partial charge in [0, 0.05) is 31.4 Å². The first-order valence-electron chi connectivity index (χ1n) is 8.65. The van der Waals surface area contributed by atoms with Gasteiger partial charge >= 0.3 is 6.03 Å². The van der Waals surface area contributed by atoms with Crippen molar-refractivity contribution in [3.05, 3.63) is 65.2 Å². The number of benzene rings is 2. The van der Waals surface area contributed by atoms with Crippen LogP contribution < -0.4 is 10.2 Å². The number of hydrogen-bond donors (Lipinski definition) is 1. The summed E-state index contributed by atoms with van der Waals surface area (Å²) < 4.78 is 0. The number of amides is 3. The Morgan fingerprint density at radius 3 is 2.84 bits per heavy atom. The number of carbonyl (C=O) groups excluding carboxylic acids is 2. The van der Waals surface area contributed by atoms with Crippen molar-refractivity contribution in [1.29, 1.82) is 0 Å². The van der Waals surface area contributed by atoms with E-state index in [-0.39, 0.29) is 18.0 Å². The standard InChI is InChI=1S/C20H21N3O2/c1-22(18-10-9-14-5-2-3-8-17(14)18)19(24)15-6-4-7-16(13-15)23-12-11-21-20(23)25/h2-8,13,18H,9-12H2,1H3,(H,21,25)/t18-/m1/s1. The van der Waals surface area contributed by atoms with Gasteiger partial charge < -0.3 is 10.2 Å². The van der Waals surface area contributed by atoms with Gasteiger partial charge in [0.2, 0.25) is 0 Å². The average Bonchev–Trinajstić information content (AvgIpc) is 3.26. The Hall–Kier alpha value is -2.82. The zero-order valence-corrected chi connectivity index (χ0v) is 14.2. The largest absolute Gasteiger partial charge is 0.336 e. The van der Waals surface area contributed by atoms with Gasteiger partial charge in [-0.1, -0.05) is 30.3 Å². The zero-order valence-electron chi connectivity index (χ0n) is 14.2. The summed E-state index contributed by atoms with van der Waals surface area (Å²) in [5.41, 5.74) is 3.95. The number of hydrogen-bond acceptors (Lipinski definition) is 2. The fourth-order valence-corrected chi connectivity index (χ4v) is 3.81. The molecule has 5 nitrogen and oxygen atoms in total. The summed E-state index contributed by atoms with van der Waals surface area (Å²) in [5.74, 6) is -0.0110. The number of nitrogens with one attached hydrogen (secondary N) is 1. The molecule has 0 unspecified atom stereocenters. The van der Waals surface area contributed by atoms with E-state index in [2.05, 4.69) is 17.4 Å². The van der Waals surface area contributed by atoms with Crippen LogP contribution in [0.5, 0.6) is 0 Å². The van der Waals surface area contributed by atoms with Crippen molar-refractivity contribution in [2.24, 2.45) is 0 Å². The number of urea groups is 1. The number of aryl methyl sites for hydroxylation is 1. The minimum Gasteiger partial charge on any atom is -0.336 e. The first-order valence-corrected chi connectivity index (χ1v) is 8.65. The highest BCUT2D eigenvalue weighted by Crippen LogP contribution is 2.35. The molecule has 0 aromatic heterocycles. The van der Waals surface area contributed by atoms with Gasteiger partial charge in [-0.05, 0) is 42.2 Å². The molecule has 1 saturated heterocycles. The second-order valence-electron chi connectivity index (χ2n) is 6.60. The Morgan fingerprint density at radius 2 is 2.04 bits per heavy atom. The number of carbonyl (C=O) groups is 2. The van der Waals surface area contributed by atoms with E-state index in [9.17, 15) is 9.59 Å². The number of rotatable bonds is 3. The predicted octanol–water partition coefficient (Wildman–Crippen LogP) is 2.98. The van der Waals surface area contributed by atoms with E-state index in [1.54, 1.807) is 4.90 Å². The highest BCUT2D eigenvalue weighted by molar-refractivity contribution is 5.98. The number of fused-ring (bicyclic) bond motifs is 1. The second-order valence-corrected chi connectivity index (χ2v) is 6.60. The van der Waals surface area contributed by atoms with Crippen LogP contribution >= 0.6 is 0 Å². The van der Waals surface area contributed by atoms with Crippen molar-refractivity contribution >= 4 is 17.6 Å². The van der Waals surface area contributed by atoms with Gasteiger partial charge in [0.15, 0.2) is 0 Å². The molecule has 25 heavy (non-hydrogen) atoms. The Bertz CT molecular complexity index is 833. The van der Waals surface area contributed by atoms with E-state index in [0.29, 0.717) is 18.7 Å². The van der Waals surface area contributed by atoms with Crippen LogP contribution in [0.1, 0.15) is 33.9 Å². The maximum atomic E-state index is 13.0. The lowest BCUT2D eigenvalue weighted by molar-refractivity contribution is 0.0730. The number of anilines is 1. The molecule has 4 rings (SSSR count). The van der Waals surface area contributed by atoms with Gasteiger partial charge in [0.05, 0.1) is 6.04 Å². The maximum Gasteiger partial charge on any atom is 0.321 e. The van der Waals surface area contributed by atoms with Crippen molar-refractivity contribution in [3.63, 3.8) is 0 Å². The molecule has 0 spiro atoms. The lowest BCUT2D eigenvalue weighted by Gasteiger charge is -2.26. The summed E-state index contributed by atoms with van der Waals surface area (Å²) in [6.45, 7) is 1.26. The third kappa shape index (κ3) is 2.76. The van der Waals surface area contributed by atoms with Gasteiger partial charge in [0.25, 0.3) is 5.91 Å². The smallest absolute Gasteiger partial charge is 0.321 e. The minimum absolute atomic E-state index is 0.0110. The molecule has 1 N–H and O–H groups in total. The van der Waals surface area contributed by atoms with Crippen LogP contribution in [0.2, 0.25) is 0 Å². The Balaban J connectivity index is 1.58. The fourth-order valence-electron chi connectivity index (χ4n) is 3.81. The van der Waals surface area contributed by atoms with Gasteiger partial charge in [-0.3, -0.25) is 9.69 Å². The van der Waals surface area contributed by atoms with Crippen molar-refractivity contribution in [3.8, 4) is 0 Å². The molecule has 0 saturated carbocycles. The first kappa shape index (κ1) is 15.7.